The van der Waals surface area contributed by atoms with E-state index in [1.54, 1.807) is 11.5 Å². The lowest BCUT2D eigenvalue weighted by Gasteiger charge is -2.31. The fourth-order valence-electron chi connectivity index (χ4n) is 4.87. The minimum Gasteiger partial charge on any atom is -0.443 e. The largest absolute Gasteiger partial charge is 0.443 e. The van der Waals surface area contributed by atoms with Crippen LogP contribution < -0.4 is 5.73 Å². The lowest BCUT2D eigenvalue weighted by atomic mass is 10.1. The molecule has 0 bridgehead atoms. The zero-order chi connectivity index (χ0) is 25.8. The Kier molecular flexibility index (Phi) is 5.69. The Morgan fingerprint density at radius 2 is 1.83 bits per heavy atom. The van der Waals surface area contributed by atoms with Crippen molar-refractivity contribution in [1.82, 2.24) is 29.2 Å². The predicted octanol–water partition coefficient (Wildman–Crippen LogP) is 4.31. The van der Waals surface area contributed by atoms with Crippen molar-refractivity contribution >= 4 is 39.8 Å². The average Bonchev–Trinajstić information content (AvgIpc) is 3.37. The molecule has 0 radical (unpaired) electrons. The number of aromatic nitrogens is 5. The summed E-state index contributed by atoms with van der Waals surface area (Å²) in [4.78, 5) is 35.9. The maximum Gasteiger partial charge on any atom is 0.419 e. The number of aryl methyl sites for hydroxylation is 1. The number of hydrogen-bond acceptors (Lipinski definition) is 7. The van der Waals surface area contributed by atoms with Gasteiger partial charge in [-0.25, -0.2) is 24.0 Å². The fraction of sp³-hybridized carbons (Fsp3) is 0.423. The third-order valence-corrected chi connectivity index (χ3v) is 6.55. The van der Waals surface area contributed by atoms with E-state index in [0.717, 1.165) is 29.3 Å². The third kappa shape index (κ3) is 4.16. The smallest absolute Gasteiger partial charge is 0.419 e. The van der Waals surface area contributed by atoms with E-state index in [1.807, 2.05) is 61.5 Å². The quantitative estimate of drug-likeness (QED) is 0.445. The standard InChI is InChI=1S/C26H31N7O3/c1-15-6-7-19-17(12-15)13-20(32(19)25(35)36-26(3,4)5)22-21-23(27)28-14-29-24(21)33(30-22)18-8-10-31(11-9-18)16(2)34/h6-7,12-14,18H,8-11H2,1-5H3,(H2,27,28,29). The van der Waals surface area contributed by atoms with Crippen LogP contribution in [0, 0.1) is 6.92 Å². The van der Waals surface area contributed by atoms with Crippen LogP contribution in [0.5, 0.6) is 0 Å². The number of nitrogen functional groups attached to an aromatic ring is 1. The van der Waals surface area contributed by atoms with E-state index in [2.05, 4.69) is 9.97 Å². The molecule has 0 unspecified atom stereocenters. The van der Waals surface area contributed by atoms with Crippen LogP contribution in [0.3, 0.4) is 0 Å². The molecule has 0 aliphatic carbocycles. The molecule has 1 aromatic carbocycles. The Morgan fingerprint density at radius 3 is 2.50 bits per heavy atom. The van der Waals surface area contributed by atoms with Gasteiger partial charge in [-0.15, -0.1) is 0 Å². The molecule has 4 aromatic rings. The molecule has 36 heavy (non-hydrogen) atoms. The van der Waals surface area contributed by atoms with E-state index >= 15 is 0 Å². The molecule has 1 fully saturated rings. The highest BCUT2D eigenvalue weighted by Crippen LogP contribution is 2.37. The first kappa shape index (κ1) is 23.8. The van der Waals surface area contributed by atoms with E-state index in [0.29, 0.717) is 41.3 Å². The van der Waals surface area contributed by atoms with Crippen molar-refractivity contribution in [2.75, 3.05) is 18.8 Å². The van der Waals surface area contributed by atoms with Crippen molar-refractivity contribution in [1.29, 1.82) is 0 Å². The highest BCUT2D eigenvalue weighted by atomic mass is 16.6. The summed E-state index contributed by atoms with van der Waals surface area (Å²) in [5.41, 5.74) is 9.18. The molecule has 4 heterocycles. The second-order valence-electron chi connectivity index (χ2n) is 10.4. The number of ether oxygens (including phenoxy) is 1. The Labute approximate surface area is 209 Å². The maximum absolute atomic E-state index is 13.5. The Bertz CT molecular complexity index is 1490. The molecule has 10 heteroatoms. The number of likely N-dealkylation sites (tertiary alicyclic amines) is 1. The lowest BCUT2D eigenvalue weighted by molar-refractivity contribution is -0.130. The zero-order valence-electron chi connectivity index (χ0n) is 21.3. The molecule has 0 atom stereocenters. The number of amides is 1. The number of hydrogen-bond donors (Lipinski definition) is 1. The van der Waals surface area contributed by atoms with E-state index in [-0.39, 0.29) is 11.9 Å². The molecule has 1 aliphatic heterocycles. The summed E-state index contributed by atoms with van der Waals surface area (Å²) in [7, 11) is 0. The molecular weight excluding hydrogens is 458 g/mol. The number of benzene rings is 1. The summed E-state index contributed by atoms with van der Waals surface area (Å²) >= 11 is 0. The third-order valence-electron chi connectivity index (χ3n) is 6.55. The van der Waals surface area contributed by atoms with Gasteiger partial charge in [0.15, 0.2) is 5.65 Å². The molecular formula is C26H31N7O3. The molecule has 2 N–H and O–H groups in total. The van der Waals surface area contributed by atoms with Crippen LogP contribution in [-0.4, -0.2) is 59.9 Å². The van der Waals surface area contributed by atoms with Crippen LogP contribution in [-0.2, 0) is 9.53 Å². The van der Waals surface area contributed by atoms with Crippen LogP contribution >= 0.6 is 0 Å². The fourth-order valence-corrected chi connectivity index (χ4v) is 4.87. The van der Waals surface area contributed by atoms with Gasteiger partial charge < -0.3 is 15.4 Å². The number of rotatable bonds is 2. The summed E-state index contributed by atoms with van der Waals surface area (Å²) in [6.45, 7) is 10.4. The van der Waals surface area contributed by atoms with Crippen molar-refractivity contribution in [2.45, 2.75) is 59.1 Å². The van der Waals surface area contributed by atoms with Gasteiger partial charge in [-0.05, 0) is 58.7 Å². The van der Waals surface area contributed by atoms with Gasteiger partial charge in [0.05, 0.1) is 22.6 Å². The molecule has 10 nitrogen and oxygen atoms in total. The molecule has 1 aliphatic rings. The van der Waals surface area contributed by atoms with Gasteiger partial charge in [0, 0.05) is 25.4 Å². The van der Waals surface area contributed by atoms with Crippen molar-refractivity contribution in [3.63, 3.8) is 0 Å². The first-order valence-corrected chi connectivity index (χ1v) is 12.1. The first-order chi connectivity index (χ1) is 17.0. The minimum absolute atomic E-state index is 0.0350. The van der Waals surface area contributed by atoms with E-state index in [9.17, 15) is 9.59 Å². The second kappa shape index (κ2) is 8.61. The lowest BCUT2D eigenvalue weighted by Crippen LogP contribution is -2.37. The van der Waals surface area contributed by atoms with Crippen LogP contribution in [0.25, 0.3) is 33.3 Å². The number of nitrogens with zero attached hydrogens (tertiary/aromatic N) is 6. The topological polar surface area (TPSA) is 121 Å². The molecule has 3 aromatic heterocycles. The average molecular weight is 490 g/mol. The van der Waals surface area contributed by atoms with E-state index in [4.69, 9.17) is 15.6 Å². The van der Waals surface area contributed by atoms with Gasteiger partial charge in [0.2, 0.25) is 5.91 Å². The van der Waals surface area contributed by atoms with Crippen molar-refractivity contribution in [3.8, 4) is 11.4 Å². The highest BCUT2D eigenvalue weighted by molar-refractivity contribution is 6.03. The Morgan fingerprint density at radius 1 is 1.11 bits per heavy atom. The van der Waals surface area contributed by atoms with Crippen molar-refractivity contribution < 1.29 is 14.3 Å². The summed E-state index contributed by atoms with van der Waals surface area (Å²) in [5.74, 6) is 0.364. The SMILES string of the molecule is CC(=O)N1CCC(n2nc(-c3cc4cc(C)ccc4n3C(=O)OC(C)(C)C)c3c(N)ncnc32)CC1. The molecule has 1 saturated heterocycles. The number of piperidine rings is 1. The minimum atomic E-state index is -0.677. The molecule has 0 saturated carbocycles. The molecule has 1 amide bonds. The zero-order valence-corrected chi connectivity index (χ0v) is 21.3. The van der Waals surface area contributed by atoms with Crippen LogP contribution in [0.2, 0.25) is 0 Å². The first-order valence-electron chi connectivity index (χ1n) is 12.1. The normalized spacial score (nSPS) is 15.1. The van der Waals surface area contributed by atoms with Crippen LogP contribution in [0.1, 0.15) is 52.1 Å². The summed E-state index contributed by atoms with van der Waals surface area (Å²) in [6.07, 6.45) is 2.42. The molecule has 0 spiro atoms. The van der Waals surface area contributed by atoms with Gasteiger partial charge in [0.25, 0.3) is 0 Å². The number of anilines is 1. The molecule has 188 valence electrons. The Hall–Kier alpha value is -3.95. The summed E-state index contributed by atoms with van der Waals surface area (Å²) < 4.78 is 9.20. The number of carbonyl (C=O) groups is 2. The van der Waals surface area contributed by atoms with E-state index in [1.165, 1.54) is 6.33 Å². The van der Waals surface area contributed by atoms with Crippen molar-refractivity contribution in [2.24, 2.45) is 0 Å². The number of fused-ring (bicyclic) bond motifs is 2. The van der Waals surface area contributed by atoms with Gasteiger partial charge in [0.1, 0.15) is 23.4 Å². The second-order valence-corrected chi connectivity index (χ2v) is 10.4. The number of carbonyl (C=O) groups excluding carboxylic acids is 2. The van der Waals surface area contributed by atoms with E-state index < -0.39 is 11.7 Å². The highest BCUT2D eigenvalue weighted by Gasteiger charge is 2.30. The van der Waals surface area contributed by atoms with Crippen molar-refractivity contribution in [3.05, 3.63) is 36.2 Å². The predicted molar refractivity (Wildman–Crippen MR) is 138 cm³/mol. The maximum atomic E-state index is 13.5. The number of nitrogens with two attached hydrogens (primary N) is 1. The Balaban J connectivity index is 1.70. The van der Waals surface area contributed by atoms with Gasteiger partial charge in [-0.2, -0.15) is 5.10 Å². The van der Waals surface area contributed by atoms with Gasteiger partial charge in [-0.3, -0.25) is 4.79 Å². The molecule has 5 rings (SSSR count). The monoisotopic (exact) mass is 489 g/mol. The summed E-state index contributed by atoms with van der Waals surface area (Å²) in [6, 6.07) is 7.87. The van der Waals surface area contributed by atoms with Crippen LogP contribution in [0.15, 0.2) is 30.6 Å². The summed E-state index contributed by atoms with van der Waals surface area (Å²) in [5, 5.41) is 6.46. The van der Waals surface area contributed by atoms with Gasteiger partial charge >= 0.3 is 6.09 Å². The van der Waals surface area contributed by atoms with Crippen LogP contribution in [0.4, 0.5) is 10.6 Å². The van der Waals surface area contributed by atoms with Gasteiger partial charge in [-0.1, -0.05) is 11.6 Å².